The van der Waals surface area contributed by atoms with Gasteiger partial charge >= 0.3 is 5.97 Å². The predicted molar refractivity (Wildman–Crippen MR) is 62.2 cm³/mol. The monoisotopic (exact) mass is 248 g/mol. The van der Waals surface area contributed by atoms with Gasteiger partial charge < -0.3 is 14.2 Å². The first-order chi connectivity index (χ1) is 8.59. The molecule has 0 aromatic carbocycles. The Labute approximate surface area is 103 Å². The van der Waals surface area contributed by atoms with E-state index in [1.807, 2.05) is 0 Å². The third kappa shape index (κ3) is 2.32. The van der Waals surface area contributed by atoms with Crippen molar-refractivity contribution in [2.75, 3.05) is 0 Å². The molecule has 1 N–H and O–H groups in total. The number of aryl methyl sites for hydroxylation is 2. The van der Waals surface area contributed by atoms with Crippen LogP contribution in [0.1, 0.15) is 27.4 Å². The fourth-order valence-electron chi connectivity index (χ4n) is 1.51. The van der Waals surface area contributed by atoms with Crippen molar-refractivity contribution in [1.82, 2.24) is 10.1 Å². The van der Waals surface area contributed by atoms with Crippen LogP contribution in [0.25, 0.3) is 0 Å². The molecule has 2 aromatic rings. The summed E-state index contributed by atoms with van der Waals surface area (Å²) in [4.78, 5) is 25.5. The Hall–Kier alpha value is -2.37. The molecule has 0 fully saturated rings. The number of H-pyrrole nitrogens is 1. The largest absolute Gasteiger partial charge is 0.457 e. The van der Waals surface area contributed by atoms with E-state index in [-0.39, 0.29) is 12.2 Å². The third-order valence-electron chi connectivity index (χ3n) is 2.57. The number of carbonyl (C=O) groups excluding carboxylic acids is 1. The lowest BCUT2D eigenvalue weighted by Crippen LogP contribution is -2.18. The van der Waals surface area contributed by atoms with Gasteiger partial charge in [0.1, 0.15) is 17.9 Å². The Morgan fingerprint density at radius 1 is 1.50 bits per heavy atom. The van der Waals surface area contributed by atoms with Crippen LogP contribution in [-0.2, 0) is 11.3 Å². The number of aromatic nitrogens is 2. The minimum absolute atomic E-state index is 0.0238. The van der Waals surface area contributed by atoms with Crippen LogP contribution < -0.4 is 5.56 Å². The molecule has 0 amide bonds. The van der Waals surface area contributed by atoms with Crippen molar-refractivity contribution in [3.05, 3.63) is 51.3 Å². The van der Waals surface area contributed by atoms with Crippen molar-refractivity contribution in [2.45, 2.75) is 20.5 Å². The number of hydrogen-bond acceptors (Lipinski definition) is 5. The van der Waals surface area contributed by atoms with Crippen molar-refractivity contribution in [2.24, 2.45) is 0 Å². The molecule has 18 heavy (non-hydrogen) atoms. The molecular weight excluding hydrogens is 236 g/mol. The molecule has 0 radical (unpaired) electrons. The molecule has 0 saturated carbocycles. The van der Waals surface area contributed by atoms with Gasteiger partial charge in [0.15, 0.2) is 0 Å². The number of hydrogen-bond donors (Lipinski definition) is 1. The van der Waals surface area contributed by atoms with E-state index in [4.69, 9.17) is 9.26 Å². The smallest absolute Gasteiger partial charge is 0.344 e. The van der Waals surface area contributed by atoms with E-state index in [0.717, 1.165) is 5.56 Å². The molecule has 6 nitrogen and oxygen atoms in total. The molecular formula is C12H12N2O4. The van der Waals surface area contributed by atoms with Crippen LogP contribution >= 0.6 is 0 Å². The normalized spacial score (nSPS) is 10.3. The molecule has 0 aliphatic heterocycles. The minimum Gasteiger partial charge on any atom is -0.457 e. The first-order valence-corrected chi connectivity index (χ1v) is 5.36. The third-order valence-corrected chi connectivity index (χ3v) is 2.57. The van der Waals surface area contributed by atoms with E-state index in [0.29, 0.717) is 11.5 Å². The van der Waals surface area contributed by atoms with Gasteiger partial charge in [-0.3, -0.25) is 4.79 Å². The summed E-state index contributed by atoms with van der Waals surface area (Å²) in [5.41, 5.74) is 0.892. The summed E-state index contributed by atoms with van der Waals surface area (Å²) in [7, 11) is 0. The van der Waals surface area contributed by atoms with Gasteiger partial charge in [-0.2, -0.15) is 0 Å². The standard InChI is InChI=1S/C12H12N2O4/c1-7-10(8(2)18-14-7)6-17-12(16)9-4-3-5-13-11(9)15/h3-5H,6H2,1-2H3,(H,13,15). The maximum Gasteiger partial charge on any atom is 0.344 e. The number of nitrogens with one attached hydrogen (secondary N) is 1. The fourth-order valence-corrected chi connectivity index (χ4v) is 1.51. The number of rotatable bonds is 3. The second-order valence-corrected chi connectivity index (χ2v) is 3.79. The van der Waals surface area contributed by atoms with Gasteiger partial charge in [0.25, 0.3) is 5.56 Å². The van der Waals surface area contributed by atoms with Gasteiger partial charge in [-0.25, -0.2) is 4.79 Å². The maximum absolute atomic E-state index is 11.7. The zero-order valence-corrected chi connectivity index (χ0v) is 10.0. The molecule has 0 spiro atoms. The van der Waals surface area contributed by atoms with E-state index in [1.165, 1.54) is 12.3 Å². The average molecular weight is 248 g/mol. The maximum atomic E-state index is 11.7. The highest BCUT2D eigenvalue weighted by Crippen LogP contribution is 2.13. The summed E-state index contributed by atoms with van der Waals surface area (Å²) in [6.45, 7) is 3.53. The van der Waals surface area contributed by atoms with Crippen molar-refractivity contribution in [3.63, 3.8) is 0 Å². The number of esters is 1. The second kappa shape index (κ2) is 4.87. The second-order valence-electron chi connectivity index (χ2n) is 3.79. The van der Waals surface area contributed by atoms with E-state index in [2.05, 4.69) is 10.1 Å². The molecule has 0 aliphatic carbocycles. The van der Waals surface area contributed by atoms with Crippen LogP contribution in [0, 0.1) is 13.8 Å². The van der Waals surface area contributed by atoms with Crippen LogP contribution in [0.2, 0.25) is 0 Å². The lowest BCUT2D eigenvalue weighted by molar-refractivity contribution is 0.0468. The quantitative estimate of drug-likeness (QED) is 0.828. The van der Waals surface area contributed by atoms with E-state index < -0.39 is 11.5 Å². The Morgan fingerprint density at radius 2 is 2.28 bits per heavy atom. The van der Waals surface area contributed by atoms with Crippen molar-refractivity contribution in [3.8, 4) is 0 Å². The number of nitrogens with zero attached hydrogens (tertiary/aromatic N) is 1. The molecule has 94 valence electrons. The van der Waals surface area contributed by atoms with Gasteiger partial charge in [0.05, 0.1) is 11.3 Å². The van der Waals surface area contributed by atoms with Crippen LogP contribution in [0.4, 0.5) is 0 Å². The molecule has 6 heteroatoms. The van der Waals surface area contributed by atoms with Gasteiger partial charge in [-0.1, -0.05) is 5.16 Å². The molecule has 0 atom stereocenters. The highest BCUT2D eigenvalue weighted by atomic mass is 16.5. The van der Waals surface area contributed by atoms with Crippen LogP contribution in [0.5, 0.6) is 0 Å². The summed E-state index contributed by atoms with van der Waals surface area (Å²) in [6.07, 6.45) is 1.45. The van der Waals surface area contributed by atoms with Crippen LogP contribution in [0.15, 0.2) is 27.6 Å². The fraction of sp³-hybridized carbons (Fsp3) is 0.250. The highest BCUT2D eigenvalue weighted by Gasteiger charge is 2.14. The predicted octanol–water partition coefficient (Wildman–Crippen LogP) is 1.34. The van der Waals surface area contributed by atoms with Gasteiger partial charge in [0, 0.05) is 6.20 Å². The van der Waals surface area contributed by atoms with Crippen molar-refractivity contribution < 1.29 is 14.1 Å². The molecule has 0 saturated heterocycles. The lowest BCUT2D eigenvalue weighted by Gasteiger charge is -2.03. The number of carbonyl (C=O) groups is 1. The Balaban J connectivity index is 2.10. The lowest BCUT2D eigenvalue weighted by atomic mass is 10.2. The van der Waals surface area contributed by atoms with Crippen molar-refractivity contribution in [1.29, 1.82) is 0 Å². The first-order valence-electron chi connectivity index (χ1n) is 5.36. The Bertz CT molecular complexity index is 608. The number of pyridine rings is 1. The van der Waals surface area contributed by atoms with E-state index >= 15 is 0 Å². The summed E-state index contributed by atoms with van der Waals surface area (Å²) < 4.78 is 10.0. The highest BCUT2D eigenvalue weighted by molar-refractivity contribution is 5.88. The Morgan fingerprint density at radius 3 is 2.89 bits per heavy atom. The van der Waals surface area contributed by atoms with Gasteiger partial charge in [-0.15, -0.1) is 0 Å². The molecule has 0 unspecified atom stereocenters. The molecule has 2 heterocycles. The number of ether oxygens (including phenoxy) is 1. The average Bonchev–Trinajstić information content (AvgIpc) is 2.67. The molecule has 2 rings (SSSR count). The Kier molecular flexibility index (Phi) is 3.27. The van der Waals surface area contributed by atoms with Gasteiger partial charge in [0.2, 0.25) is 0 Å². The number of aromatic amines is 1. The summed E-state index contributed by atoms with van der Waals surface area (Å²) in [5, 5.41) is 3.75. The zero-order valence-electron chi connectivity index (χ0n) is 10.0. The molecule has 0 aliphatic rings. The van der Waals surface area contributed by atoms with Crippen LogP contribution in [-0.4, -0.2) is 16.1 Å². The molecule has 2 aromatic heterocycles. The summed E-state index contributed by atoms with van der Waals surface area (Å²) >= 11 is 0. The topological polar surface area (TPSA) is 85.2 Å². The SMILES string of the molecule is Cc1noc(C)c1COC(=O)c1ccc[nH]c1=O. The van der Waals surface area contributed by atoms with Crippen molar-refractivity contribution >= 4 is 5.97 Å². The summed E-state index contributed by atoms with van der Waals surface area (Å²) in [6, 6.07) is 2.97. The van der Waals surface area contributed by atoms with E-state index in [9.17, 15) is 9.59 Å². The zero-order chi connectivity index (χ0) is 13.1. The molecule has 0 bridgehead atoms. The van der Waals surface area contributed by atoms with Gasteiger partial charge in [-0.05, 0) is 26.0 Å². The van der Waals surface area contributed by atoms with E-state index in [1.54, 1.807) is 19.9 Å². The summed E-state index contributed by atoms with van der Waals surface area (Å²) in [5.74, 6) is -0.0703. The van der Waals surface area contributed by atoms with Crippen LogP contribution in [0.3, 0.4) is 0 Å². The first kappa shape index (κ1) is 12.1. The minimum atomic E-state index is -0.670.